The number of rotatable bonds is 10. The fourth-order valence-corrected chi connectivity index (χ4v) is 3.53. The molecule has 1 aromatic rings. The molecular formula is C27H39N3O6. The lowest BCUT2D eigenvalue weighted by Crippen LogP contribution is -2.57. The number of aliphatic carboxylic acids is 1. The number of nitrogens with zero attached hydrogens (tertiary/aromatic N) is 1. The number of carbonyl (C=O) groups is 4. The van der Waals surface area contributed by atoms with Crippen LogP contribution in [0, 0.1) is 11.3 Å². The van der Waals surface area contributed by atoms with E-state index in [1.165, 1.54) is 38.0 Å². The van der Waals surface area contributed by atoms with Crippen molar-refractivity contribution in [2.45, 2.75) is 60.5 Å². The van der Waals surface area contributed by atoms with Crippen molar-refractivity contribution < 1.29 is 29.0 Å². The average molecular weight is 502 g/mol. The van der Waals surface area contributed by atoms with Crippen molar-refractivity contribution in [2.24, 2.45) is 11.3 Å². The summed E-state index contributed by atoms with van der Waals surface area (Å²) < 4.78 is 5.22. The van der Waals surface area contributed by atoms with Crippen LogP contribution in [0.3, 0.4) is 0 Å². The lowest BCUT2D eigenvalue weighted by molar-refractivity contribution is -0.139. The summed E-state index contributed by atoms with van der Waals surface area (Å²) in [6.45, 7) is 12.0. The number of hydrogen-bond acceptors (Lipinski definition) is 5. The van der Waals surface area contributed by atoms with Crippen LogP contribution in [0.15, 0.2) is 41.6 Å². The Labute approximate surface area is 213 Å². The molecule has 0 heterocycles. The third-order valence-corrected chi connectivity index (χ3v) is 5.58. The van der Waals surface area contributed by atoms with Crippen LogP contribution < -0.4 is 15.4 Å². The van der Waals surface area contributed by atoms with Gasteiger partial charge in [0.05, 0.1) is 13.2 Å². The van der Waals surface area contributed by atoms with Gasteiger partial charge < -0.3 is 25.4 Å². The number of carbonyl (C=O) groups excluding carboxylic acids is 3. The predicted octanol–water partition coefficient (Wildman–Crippen LogP) is 3.22. The minimum absolute atomic E-state index is 0.0255. The molecule has 0 radical (unpaired) electrons. The molecule has 0 saturated carbocycles. The minimum Gasteiger partial charge on any atom is -0.497 e. The van der Waals surface area contributed by atoms with Crippen molar-refractivity contribution >= 4 is 29.8 Å². The number of likely N-dealkylation sites (N-methyl/N-ethyl adjacent to an activating group) is 1. The van der Waals surface area contributed by atoms with E-state index in [1.807, 2.05) is 34.6 Å². The summed E-state index contributed by atoms with van der Waals surface area (Å²) in [5.74, 6) is -2.01. The van der Waals surface area contributed by atoms with Gasteiger partial charge in [0.25, 0.3) is 5.91 Å². The Bertz CT molecular complexity index is 1040. The van der Waals surface area contributed by atoms with E-state index in [1.54, 1.807) is 31.3 Å². The highest BCUT2D eigenvalue weighted by molar-refractivity contribution is 6.03. The highest BCUT2D eigenvalue weighted by Gasteiger charge is 2.37. The molecule has 0 aliphatic carbocycles. The second-order valence-corrected chi connectivity index (χ2v) is 10.1. The van der Waals surface area contributed by atoms with Crippen LogP contribution in [-0.4, -0.2) is 59.9 Å². The summed E-state index contributed by atoms with van der Waals surface area (Å²) in [6, 6.07) is 5.51. The number of methoxy groups -OCH3 is 1. The Morgan fingerprint density at radius 2 is 1.72 bits per heavy atom. The van der Waals surface area contributed by atoms with Gasteiger partial charge in [-0.1, -0.05) is 52.8 Å². The Hall–Kier alpha value is -3.62. The van der Waals surface area contributed by atoms with Crippen LogP contribution >= 0.6 is 0 Å². The van der Waals surface area contributed by atoms with Crippen molar-refractivity contribution in [1.29, 1.82) is 0 Å². The van der Waals surface area contributed by atoms with Gasteiger partial charge in [-0.2, -0.15) is 0 Å². The molecule has 0 aliphatic heterocycles. The van der Waals surface area contributed by atoms with Crippen molar-refractivity contribution in [1.82, 2.24) is 15.5 Å². The number of benzene rings is 1. The van der Waals surface area contributed by atoms with Crippen LogP contribution in [0.25, 0.3) is 6.08 Å². The first-order valence-corrected chi connectivity index (χ1v) is 11.7. The van der Waals surface area contributed by atoms with E-state index < -0.39 is 35.3 Å². The molecular weight excluding hydrogens is 462 g/mol. The standard InChI is InChI=1S/C27H39N3O6/c1-16(2)22(13-17(3)26(34)35)30(8)25(33)23(27(5,6)7)29-24(32)21(28-18(4)31)15-19-11-10-12-20(14-19)36-9/h10-16,22-23H,1-9H3,(H,28,31)(H,29,32)(H,34,35)/b17-13+,21-15-/t22-,23-/m1/s1. The van der Waals surface area contributed by atoms with Gasteiger partial charge in [0, 0.05) is 19.5 Å². The van der Waals surface area contributed by atoms with Crippen LogP contribution in [0.5, 0.6) is 5.75 Å². The molecule has 0 saturated heterocycles. The molecule has 0 aliphatic rings. The molecule has 0 unspecified atom stereocenters. The maximum atomic E-state index is 13.6. The molecule has 9 heteroatoms. The summed E-state index contributed by atoms with van der Waals surface area (Å²) in [7, 11) is 3.11. The van der Waals surface area contributed by atoms with E-state index in [9.17, 15) is 24.3 Å². The number of nitrogens with one attached hydrogen (secondary N) is 2. The third kappa shape index (κ3) is 8.87. The van der Waals surface area contributed by atoms with Crippen LogP contribution in [0.4, 0.5) is 0 Å². The highest BCUT2D eigenvalue weighted by Crippen LogP contribution is 2.24. The second-order valence-electron chi connectivity index (χ2n) is 10.1. The molecule has 0 bridgehead atoms. The normalized spacial score (nSPS) is 14.1. The van der Waals surface area contributed by atoms with E-state index in [0.29, 0.717) is 11.3 Å². The van der Waals surface area contributed by atoms with Gasteiger partial charge in [0.1, 0.15) is 17.5 Å². The van der Waals surface area contributed by atoms with Crippen LogP contribution in [0.1, 0.15) is 54.0 Å². The zero-order valence-corrected chi connectivity index (χ0v) is 22.6. The lowest BCUT2D eigenvalue weighted by atomic mass is 9.85. The summed E-state index contributed by atoms with van der Waals surface area (Å²) >= 11 is 0. The van der Waals surface area contributed by atoms with E-state index >= 15 is 0 Å². The Morgan fingerprint density at radius 3 is 2.19 bits per heavy atom. The lowest BCUT2D eigenvalue weighted by Gasteiger charge is -2.37. The number of carboxylic acids is 1. The molecule has 1 rings (SSSR count). The quantitative estimate of drug-likeness (QED) is 0.423. The fraction of sp³-hybridized carbons (Fsp3) is 0.481. The van der Waals surface area contributed by atoms with Crippen LogP contribution in [-0.2, 0) is 19.2 Å². The molecule has 198 valence electrons. The molecule has 2 atom stereocenters. The SMILES string of the molecule is COc1cccc(/C=C(\NC(C)=O)C(=O)N[C@H](C(=O)N(C)[C@H](/C=C(\C)C(=O)O)C(C)C)C(C)(C)C)c1. The summed E-state index contributed by atoms with van der Waals surface area (Å²) in [4.78, 5) is 51.6. The summed E-state index contributed by atoms with van der Waals surface area (Å²) in [5.41, 5.74) is 0.0327. The Balaban J connectivity index is 3.38. The monoisotopic (exact) mass is 501 g/mol. The van der Waals surface area contributed by atoms with Gasteiger partial charge >= 0.3 is 5.97 Å². The van der Waals surface area contributed by atoms with Gasteiger partial charge in [-0.15, -0.1) is 0 Å². The van der Waals surface area contributed by atoms with E-state index in [-0.39, 0.29) is 23.1 Å². The zero-order chi connectivity index (χ0) is 27.8. The molecule has 36 heavy (non-hydrogen) atoms. The number of amides is 3. The predicted molar refractivity (Wildman–Crippen MR) is 139 cm³/mol. The van der Waals surface area contributed by atoms with Crippen LogP contribution in [0.2, 0.25) is 0 Å². The average Bonchev–Trinajstić information content (AvgIpc) is 2.78. The van der Waals surface area contributed by atoms with Gasteiger partial charge in [-0.3, -0.25) is 14.4 Å². The zero-order valence-electron chi connectivity index (χ0n) is 22.6. The smallest absolute Gasteiger partial charge is 0.331 e. The topological polar surface area (TPSA) is 125 Å². The fourth-order valence-electron chi connectivity index (χ4n) is 3.53. The molecule has 3 amide bonds. The second kappa shape index (κ2) is 12.9. The number of hydrogen-bond donors (Lipinski definition) is 3. The highest BCUT2D eigenvalue weighted by atomic mass is 16.5. The molecule has 3 N–H and O–H groups in total. The molecule has 0 spiro atoms. The Kier molecular flexibility index (Phi) is 10.9. The number of carboxylic acid groups (broad SMARTS) is 1. The first-order chi connectivity index (χ1) is 16.6. The van der Waals surface area contributed by atoms with Crippen molar-refractivity contribution in [3.63, 3.8) is 0 Å². The molecule has 0 fully saturated rings. The molecule has 0 aromatic heterocycles. The van der Waals surface area contributed by atoms with E-state index in [0.717, 1.165) is 0 Å². The summed E-state index contributed by atoms with van der Waals surface area (Å²) in [5, 5.41) is 14.6. The molecule has 9 nitrogen and oxygen atoms in total. The van der Waals surface area contributed by atoms with E-state index in [4.69, 9.17) is 4.74 Å². The maximum absolute atomic E-state index is 13.6. The number of ether oxygens (including phenoxy) is 1. The first kappa shape index (κ1) is 30.4. The van der Waals surface area contributed by atoms with Gasteiger partial charge in [0.2, 0.25) is 11.8 Å². The van der Waals surface area contributed by atoms with Crippen molar-refractivity contribution in [2.75, 3.05) is 14.2 Å². The maximum Gasteiger partial charge on any atom is 0.331 e. The largest absolute Gasteiger partial charge is 0.497 e. The van der Waals surface area contributed by atoms with Crippen molar-refractivity contribution in [3.05, 3.63) is 47.2 Å². The first-order valence-electron chi connectivity index (χ1n) is 11.7. The van der Waals surface area contributed by atoms with Crippen molar-refractivity contribution in [3.8, 4) is 5.75 Å². The van der Waals surface area contributed by atoms with Gasteiger partial charge in [-0.25, -0.2) is 4.79 Å². The third-order valence-electron chi connectivity index (χ3n) is 5.58. The molecule has 1 aromatic carbocycles. The Morgan fingerprint density at radius 1 is 1.11 bits per heavy atom. The summed E-state index contributed by atoms with van der Waals surface area (Å²) in [6.07, 6.45) is 3.04. The van der Waals surface area contributed by atoms with Gasteiger partial charge in [-0.05, 0) is 42.0 Å². The van der Waals surface area contributed by atoms with E-state index in [2.05, 4.69) is 10.6 Å². The minimum atomic E-state index is -1.06. The van der Waals surface area contributed by atoms with Gasteiger partial charge in [0.15, 0.2) is 0 Å².